The van der Waals surface area contributed by atoms with E-state index < -0.39 is 0 Å². The molecule has 1 saturated heterocycles. The minimum absolute atomic E-state index is 0.238. The number of hydrogen-bond donors (Lipinski definition) is 1. The van der Waals surface area contributed by atoms with Gasteiger partial charge in [-0.25, -0.2) is 0 Å². The molecule has 0 bridgehead atoms. The van der Waals surface area contributed by atoms with Crippen molar-refractivity contribution in [2.45, 2.75) is 45.8 Å². The van der Waals surface area contributed by atoms with Crippen LogP contribution in [0.5, 0.6) is 5.75 Å². The Balaban J connectivity index is 2.14. The van der Waals surface area contributed by atoms with Crippen LogP contribution in [-0.4, -0.2) is 12.6 Å². The molecule has 1 aliphatic heterocycles. The lowest BCUT2D eigenvalue weighted by Gasteiger charge is -2.30. The van der Waals surface area contributed by atoms with Crippen molar-refractivity contribution >= 4 is 0 Å². The summed E-state index contributed by atoms with van der Waals surface area (Å²) in [6, 6.07) is 9.00. The number of piperidine rings is 1. The van der Waals surface area contributed by atoms with Gasteiger partial charge in [-0.15, -0.1) is 0 Å². The third-order valence-electron chi connectivity index (χ3n) is 3.36. The first kappa shape index (κ1) is 12.4. The van der Waals surface area contributed by atoms with E-state index in [9.17, 15) is 0 Å². The summed E-state index contributed by atoms with van der Waals surface area (Å²) in [6.45, 7) is 7.58. The summed E-state index contributed by atoms with van der Waals surface area (Å²) in [4.78, 5) is 0. The van der Waals surface area contributed by atoms with Crippen LogP contribution in [-0.2, 0) is 0 Å². The standard InChI is InChI=1S/C15H23NO/c1-11(2)17-14-8-4-7-13(10-14)15-12(3)6-5-9-16-15/h4,7-8,10-12,15-16H,5-6,9H2,1-3H3. The minimum atomic E-state index is 0.238. The minimum Gasteiger partial charge on any atom is -0.491 e. The molecular weight excluding hydrogens is 210 g/mol. The Morgan fingerprint density at radius 3 is 2.88 bits per heavy atom. The molecule has 1 aromatic rings. The van der Waals surface area contributed by atoms with Crippen LogP contribution >= 0.6 is 0 Å². The lowest BCUT2D eigenvalue weighted by Crippen LogP contribution is -2.32. The monoisotopic (exact) mass is 233 g/mol. The maximum atomic E-state index is 5.75. The molecule has 1 heterocycles. The molecule has 2 atom stereocenters. The van der Waals surface area contributed by atoms with Gasteiger partial charge in [0.15, 0.2) is 0 Å². The third kappa shape index (κ3) is 3.22. The zero-order valence-electron chi connectivity index (χ0n) is 11.1. The number of rotatable bonds is 3. The summed E-state index contributed by atoms with van der Waals surface area (Å²) in [5.74, 6) is 1.69. The van der Waals surface area contributed by atoms with Gasteiger partial charge in [-0.1, -0.05) is 19.1 Å². The molecule has 1 N–H and O–H groups in total. The van der Waals surface area contributed by atoms with Gasteiger partial charge in [0.05, 0.1) is 6.10 Å². The predicted octanol–water partition coefficient (Wildman–Crippen LogP) is 3.53. The molecular formula is C15H23NO. The normalized spacial score (nSPS) is 24.9. The van der Waals surface area contributed by atoms with Crippen molar-refractivity contribution in [3.05, 3.63) is 29.8 Å². The van der Waals surface area contributed by atoms with Crippen molar-refractivity contribution in [1.29, 1.82) is 0 Å². The smallest absolute Gasteiger partial charge is 0.120 e. The molecule has 1 aromatic carbocycles. The number of ether oxygens (including phenoxy) is 1. The van der Waals surface area contributed by atoms with Crippen molar-refractivity contribution in [3.63, 3.8) is 0 Å². The summed E-state index contributed by atoms with van der Waals surface area (Å²) in [6.07, 6.45) is 2.84. The summed E-state index contributed by atoms with van der Waals surface area (Å²) < 4.78 is 5.75. The highest BCUT2D eigenvalue weighted by atomic mass is 16.5. The Morgan fingerprint density at radius 1 is 1.35 bits per heavy atom. The van der Waals surface area contributed by atoms with Crippen LogP contribution in [0, 0.1) is 5.92 Å². The van der Waals surface area contributed by atoms with E-state index in [1.807, 2.05) is 6.07 Å². The highest BCUT2D eigenvalue weighted by Crippen LogP contribution is 2.30. The molecule has 0 radical (unpaired) electrons. The Kier molecular flexibility index (Phi) is 4.06. The Morgan fingerprint density at radius 2 is 2.18 bits per heavy atom. The molecule has 17 heavy (non-hydrogen) atoms. The summed E-state index contributed by atoms with van der Waals surface area (Å²) >= 11 is 0. The molecule has 1 aliphatic rings. The van der Waals surface area contributed by atoms with E-state index in [-0.39, 0.29) is 6.10 Å². The Bertz CT molecular complexity index is 362. The van der Waals surface area contributed by atoms with Gasteiger partial charge < -0.3 is 10.1 Å². The SMILES string of the molecule is CC(C)Oc1cccc(C2NCCCC2C)c1. The van der Waals surface area contributed by atoms with Gasteiger partial charge in [-0.05, 0) is 56.8 Å². The van der Waals surface area contributed by atoms with E-state index in [0.717, 1.165) is 12.3 Å². The second-order valence-corrected chi connectivity index (χ2v) is 5.29. The van der Waals surface area contributed by atoms with Crippen molar-refractivity contribution < 1.29 is 4.74 Å². The molecule has 0 amide bonds. The van der Waals surface area contributed by atoms with E-state index in [1.165, 1.54) is 18.4 Å². The maximum absolute atomic E-state index is 5.75. The van der Waals surface area contributed by atoms with Gasteiger partial charge in [0.25, 0.3) is 0 Å². The molecule has 2 rings (SSSR count). The largest absolute Gasteiger partial charge is 0.491 e. The molecule has 2 nitrogen and oxygen atoms in total. The lowest BCUT2D eigenvalue weighted by molar-refractivity contribution is 0.241. The molecule has 2 heteroatoms. The maximum Gasteiger partial charge on any atom is 0.120 e. The van der Waals surface area contributed by atoms with Crippen LogP contribution in [0.25, 0.3) is 0 Å². The fourth-order valence-electron chi connectivity index (χ4n) is 2.55. The Labute approximate surface area is 104 Å². The van der Waals surface area contributed by atoms with Crippen molar-refractivity contribution in [2.24, 2.45) is 5.92 Å². The average molecular weight is 233 g/mol. The number of hydrogen-bond acceptors (Lipinski definition) is 2. The molecule has 2 unspecified atom stereocenters. The van der Waals surface area contributed by atoms with Crippen LogP contribution in [0.15, 0.2) is 24.3 Å². The molecule has 0 spiro atoms. The van der Waals surface area contributed by atoms with Crippen LogP contribution in [0.4, 0.5) is 0 Å². The first-order valence-corrected chi connectivity index (χ1v) is 6.67. The van der Waals surface area contributed by atoms with Crippen molar-refractivity contribution in [2.75, 3.05) is 6.54 Å². The highest BCUT2D eigenvalue weighted by molar-refractivity contribution is 5.31. The molecule has 0 saturated carbocycles. The van der Waals surface area contributed by atoms with E-state index in [1.54, 1.807) is 0 Å². The highest BCUT2D eigenvalue weighted by Gasteiger charge is 2.22. The van der Waals surface area contributed by atoms with Crippen molar-refractivity contribution in [1.82, 2.24) is 5.32 Å². The molecule has 94 valence electrons. The first-order valence-electron chi connectivity index (χ1n) is 6.67. The van der Waals surface area contributed by atoms with Crippen LogP contribution < -0.4 is 10.1 Å². The van der Waals surface area contributed by atoms with E-state index in [0.29, 0.717) is 12.0 Å². The van der Waals surface area contributed by atoms with Gasteiger partial charge in [0.2, 0.25) is 0 Å². The van der Waals surface area contributed by atoms with E-state index >= 15 is 0 Å². The van der Waals surface area contributed by atoms with E-state index in [2.05, 4.69) is 44.3 Å². The quantitative estimate of drug-likeness (QED) is 0.862. The van der Waals surface area contributed by atoms with Crippen LogP contribution in [0.3, 0.4) is 0 Å². The fraction of sp³-hybridized carbons (Fsp3) is 0.600. The second-order valence-electron chi connectivity index (χ2n) is 5.29. The number of benzene rings is 1. The Hall–Kier alpha value is -1.02. The average Bonchev–Trinajstić information content (AvgIpc) is 2.29. The summed E-state index contributed by atoms with van der Waals surface area (Å²) in [5, 5.41) is 3.61. The summed E-state index contributed by atoms with van der Waals surface area (Å²) in [5.41, 5.74) is 1.36. The van der Waals surface area contributed by atoms with Gasteiger partial charge >= 0.3 is 0 Å². The zero-order chi connectivity index (χ0) is 12.3. The molecule has 0 aromatic heterocycles. The predicted molar refractivity (Wildman–Crippen MR) is 71.3 cm³/mol. The second kappa shape index (κ2) is 5.54. The first-order chi connectivity index (χ1) is 8.16. The molecule has 0 aliphatic carbocycles. The van der Waals surface area contributed by atoms with Gasteiger partial charge in [-0.2, -0.15) is 0 Å². The van der Waals surface area contributed by atoms with Crippen LogP contribution in [0.1, 0.15) is 45.2 Å². The summed E-state index contributed by atoms with van der Waals surface area (Å²) in [7, 11) is 0. The van der Waals surface area contributed by atoms with Gasteiger partial charge in [0.1, 0.15) is 5.75 Å². The third-order valence-corrected chi connectivity index (χ3v) is 3.36. The fourth-order valence-corrected chi connectivity index (χ4v) is 2.55. The van der Waals surface area contributed by atoms with E-state index in [4.69, 9.17) is 4.74 Å². The van der Waals surface area contributed by atoms with Crippen molar-refractivity contribution in [3.8, 4) is 5.75 Å². The van der Waals surface area contributed by atoms with Gasteiger partial charge in [0, 0.05) is 6.04 Å². The lowest BCUT2D eigenvalue weighted by atomic mass is 9.88. The van der Waals surface area contributed by atoms with Gasteiger partial charge in [-0.3, -0.25) is 0 Å². The zero-order valence-corrected chi connectivity index (χ0v) is 11.1. The topological polar surface area (TPSA) is 21.3 Å². The number of nitrogens with one attached hydrogen (secondary N) is 1. The van der Waals surface area contributed by atoms with Crippen LogP contribution in [0.2, 0.25) is 0 Å². The molecule has 1 fully saturated rings.